The molecule has 0 unspecified atom stereocenters. The van der Waals surface area contributed by atoms with Crippen molar-refractivity contribution < 1.29 is 9.13 Å². The number of benzene rings is 1. The van der Waals surface area contributed by atoms with Gasteiger partial charge in [0.05, 0.1) is 12.8 Å². The van der Waals surface area contributed by atoms with Crippen molar-refractivity contribution in [3.63, 3.8) is 0 Å². The van der Waals surface area contributed by atoms with Crippen molar-refractivity contribution in [1.82, 2.24) is 9.97 Å². The largest absolute Gasteiger partial charge is 0.481 e. The van der Waals surface area contributed by atoms with Gasteiger partial charge in [0.2, 0.25) is 5.88 Å². The summed E-state index contributed by atoms with van der Waals surface area (Å²) in [4.78, 5) is 9.57. The van der Waals surface area contributed by atoms with Gasteiger partial charge < -0.3 is 10.1 Å². The van der Waals surface area contributed by atoms with Crippen LogP contribution in [0, 0.1) is 5.82 Å². The molecule has 0 aliphatic rings. The number of hydrogen-bond donors (Lipinski definition) is 1. The fourth-order valence-corrected chi connectivity index (χ4v) is 2.81. The van der Waals surface area contributed by atoms with E-state index >= 15 is 0 Å². The second-order valence-corrected chi connectivity index (χ2v) is 5.12. The number of anilines is 1. The number of hydrogen-bond acceptors (Lipinski definition) is 5. The molecule has 2 aromatic heterocycles. The molecule has 0 saturated heterocycles. The molecule has 20 heavy (non-hydrogen) atoms. The van der Waals surface area contributed by atoms with Gasteiger partial charge in [-0.3, -0.25) is 0 Å². The van der Waals surface area contributed by atoms with E-state index in [0.717, 1.165) is 20.9 Å². The van der Waals surface area contributed by atoms with Crippen LogP contribution in [0.4, 0.5) is 10.1 Å². The maximum absolute atomic E-state index is 13.8. The lowest BCUT2D eigenvalue weighted by atomic mass is 10.2. The molecule has 3 aromatic rings. The number of ether oxygens (including phenoxy) is 1. The topological polar surface area (TPSA) is 47.0 Å². The third-order valence-electron chi connectivity index (χ3n) is 2.92. The van der Waals surface area contributed by atoms with E-state index in [9.17, 15) is 4.39 Å². The van der Waals surface area contributed by atoms with E-state index < -0.39 is 0 Å². The second-order valence-electron chi connectivity index (χ2n) is 4.14. The zero-order valence-electron chi connectivity index (χ0n) is 11.0. The van der Waals surface area contributed by atoms with Gasteiger partial charge in [-0.05, 0) is 24.3 Å². The number of nitrogens with zero attached hydrogens (tertiary/aromatic N) is 2. The Labute approximate surface area is 119 Å². The zero-order valence-corrected chi connectivity index (χ0v) is 11.8. The first kappa shape index (κ1) is 12.8. The van der Waals surface area contributed by atoms with Gasteiger partial charge >= 0.3 is 0 Å². The van der Waals surface area contributed by atoms with Crippen molar-refractivity contribution >= 4 is 27.4 Å². The highest BCUT2D eigenvalue weighted by molar-refractivity contribution is 7.21. The fraction of sp³-hybridized carbons (Fsp3) is 0.143. The van der Waals surface area contributed by atoms with Crippen LogP contribution in [0.15, 0.2) is 30.3 Å². The van der Waals surface area contributed by atoms with E-state index in [0.29, 0.717) is 11.6 Å². The van der Waals surface area contributed by atoms with Crippen LogP contribution in [0.2, 0.25) is 0 Å². The SMILES string of the molecule is CNc1ccc(-c2nc3ccc(OC)nc3s2)cc1F. The average molecular weight is 289 g/mol. The minimum absolute atomic E-state index is 0.296. The van der Waals surface area contributed by atoms with E-state index in [2.05, 4.69) is 15.3 Å². The highest BCUT2D eigenvalue weighted by Gasteiger charge is 2.10. The first-order valence-corrected chi connectivity index (χ1v) is 6.82. The Balaban J connectivity index is 2.07. The molecule has 2 heterocycles. The quantitative estimate of drug-likeness (QED) is 0.801. The fourth-order valence-electron chi connectivity index (χ4n) is 1.89. The molecular formula is C14H12FN3OS. The van der Waals surface area contributed by atoms with E-state index in [1.165, 1.54) is 17.4 Å². The van der Waals surface area contributed by atoms with Crippen LogP contribution in [0.3, 0.4) is 0 Å². The Kier molecular flexibility index (Phi) is 3.23. The summed E-state index contributed by atoms with van der Waals surface area (Å²) >= 11 is 1.41. The zero-order chi connectivity index (χ0) is 14.1. The number of methoxy groups -OCH3 is 1. The van der Waals surface area contributed by atoms with Crippen molar-refractivity contribution in [2.75, 3.05) is 19.5 Å². The number of halogens is 1. The summed E-state index contributed by atoms with van der Waals surface area (Å²) in [5, 5.41) is 3.53. The third kappa shape index (κ3) is 2.18. The van der Waals surface area contributed by atoms with Crippen LogP contribution in [0.5, 0.6) is 5.88 Å². The van der Waals surface area contributed by atoms with Gasteiger partial charge in [0.15, 0.2) is 0 Å². The number of pyridine rings is 1. The molecule has 0 aliphatic carbocycles. The molecule has 0 amide bonds. The minimum atomic E-state index is -0.296. The molecule has 0 atom stereocenters. The summed E-state index contributed by atoms with van der Waals surface area (Å²) in [5.74, 6) is 0.249. The Morgan fingerprint density at radius 2 is 2.05 bits per heavy atom. The molecule has 0 aliphatic heterocycles. The Morgan fingerprint density at radius 3 is 2.75 bits per heavy atom. The normalized spacial score (nSPS) is 10.8. The lowest BCUT2D eigenvalue weighted by Gasteiger charge is -2.03. The molecule has 1 aromatic carbocycles. The van der Waals surface area contributed by atoms with E-state index in [1.807, 2.05) is 12.1 Å². The van der Waals surface area contributed by atoms with E-state index in [-0.39, 0.29) is 5.82 Å². The smallest absolute Gasteiger partial charge is 0.214 e. The molecule has 0 spiro atoms. The van der Waals surface area contributed by atoms with E-state index in [1.54, 1.807) is 26.3 Å². The molecule has 0 fully saturated rings. The number of nitrogens with one attached hydrogen (secondary N) is 1. The molecule has 0 radical (unpaired) electrons. The number of fused-ring (bicyclic) bond motifs is 1. The van der Waals surface area contributed by atoms with Crippen LogP contribution in [-0.4, -0.2) is 24.1 Å². The maximum atomic E-state index is 13.8. The summed E-state index contributed by atoms with van der Waals surface area (Å²) in [6.07, 6.45) is 0. The number of thiazole rings is 1. The monoisotopic (exact) mass is 289 g/mol. The van der Waals surface area contributed by atoms with Crippen LogP contribution >= 0.6 is 11.3 Å². The Morgan fingerprint density at radius 1 is 1.20 bits per heavy atom. The van der Waals surface area contributed by atoms with Crippen molar-refractivity contribution in [2.45, 2.75) is 0 Å². The summed E-state index contributed by atoms with van der Waals surface area (Å²) < 4.78 is 18.9. The van der Waals surface area contributed by atoms with Crippen LogP contribution < -0.4 is 10.1 Å². The third-order valence-corrected chi connectivity index (χ3v) is 3.94. The highest BCUT2D eigenvalue weighted by Crippen LogP contribution is 2.31. The molecule has 102 valence electrons. The van der Waals surface area contributed by atoms with Crippen molar-refractivity contribution in [1.29, 1.82) is 0 Å². The second kappa shape index (κ2) is 5.05. The Hall–Kier alpha value is -2.21. The summed E-state index contributed by atoms with van der Waals surface area (Å²) in [6.45, 7) is 0. The standard InChI is InChI=1S/C14H12FN3OS/c1-16-10-4-3-8(7-9(10)15)13-17-11-5-6-12(19-2)18-14(11)20-13/h3-7,16H,1-2H3. The summed E-state index contributed by atoms with van der Waals surface area (Å²) in [6, 6.07) is 8.62. The molecule has 4 nitrogen and oxygen atoms in total. The van der Waals surface area contributed by atoms with Gasteiger partial charge in [-0.1, -0.05) is 11.3 Å². The van der Waals surface area contributed by atoms with Gasteiger partial charge in [-0.2, -0.15) is 0 Å². The molecule has 0 saturated carbocycles. The maximum Gasteiger partial charge on any atom is 0.214 e. The minimum Gasteiger partial charge on any atom is -0.481 e. The average Bonchev–Trinajstić information content (AvgIpc) is 2.89. The van der Waals surface area contributed by atoms with Gasteiger partial charge in [0.1, 0.15) is 21.2 Å². The number of aromatic nitrogens is 2. The summed E-state index contributed by atoms with van der Waals surface area (Å²) in [5.41, 5.74) is 1.99. The van der Waals surface area contributed by atoms with Crippen molar-refractivity contribution in [2.24, 2.45) is 0 Å². The van der Waals surface area contributed by atoms with Gasteiger partial charge in [-0.25, -0.2) is 14.4 Å². The van der Waals surface area contributed by atoms with Crippen LogP contribution in [0.25, 0.3) is 20.9 Å². The molecule has 6 heteroatoms. The first-order chi connectivity index (χ1) is 9.71. The highest BCUT2D eigenvalue weighted by atomic mass is 32.1. The molecule has 3 rings (SSSR count). The van der Waals surface area contributed by atoms with Gasteiger partial charge in [-0.15, -0.1) is 0 Å². The van der Waals surface area contributed by atoms with Gasteiger partial charge in [0.25, 0.3) is 0 Å². The lowest BCUT2D eigenvalue weighted by molar-refractivity contribution is 0.400. The van der Waals surface area contributed by atoms with Crippen molar-refractivity contribution in [3.05, 3.63) is 36.1 Å². The van der Waals surface area contributed by atoms with Crippen LogP contribution in [-0.2, 0) is 0 Å². The first-order valence-electron chi connectivity index (χ1n) is 6.00. The molecule has 0 bridgehead atoms. The Bertz CT molecular complexity index is 772. The predicted octanol–water partition coefficient (Wildman–Crippen LogP) is 3.55. The summed E-state index contributed by atoms with van der Waals surface area (Å²) in [7, 11) is 3.26. The van der Waals surface area contributed by atoms with Gasteiger partial charge in [0, 0.05) is 18.7 Å². The molecule has 1 N–H and O–H groups in total. The van der Waals surface area contributed by atoms with Crippen molar-refractivity contribution in [3.8, 4) is 16.5 Å². The van der Waals surface area contributed by atoms with Crippen LogP contribution in [0.1, 0.15) is 0 Å². The predicted molar refractivity (Wildman–Crippen MR) is 78.9 cm³/mol. The number of rotatable bonds is 3. The molecular weight excluding hydrogens is 277 g/mol. The lowest BCUT2D eigenvalue weighted by Crippen LogP contribution is -1.92. The van der Waals surface area contributed by atoms with E-state index in [4.69, 9.17) is 4.74 Å².